The SMILES string of the molecule is CC(c1ccc(I)cc1)n1cncc1C(=O)[O-]. The smallest absolute Gasteiger partial charge is 0.0956 e. The van der Waals surface area contributed by atoms with Gasteiger partial charge in [-0.3, -0.25) is 0 Å². The second-order valence-corrected chi connectivity index (χ2v) is 4.95. The van der Waals surface area contributed by atoms with Crippen molar-refractivity contribution in [3.05, 3.63) is 51.6 Å². The molecule has 0 spiro atoms. The van der Waals surface area contributed by atoms with Crippen molar-refractivity contribution in [2.45, 2.75) is 13.0 Å². The first-order valence-electron chi connectivity index (χ1n) is 5.08. The summed E-state index contributed by atoms with van der Waals surface area (Å²) in [5.74, 6) is -1.21. The topological polar surface area (TPSA) is 58.0 Å². The highest BCUT2D eigenvalue weighted by Gasteiger charge is 2.11. The van der Waals surface area contributed by atoms with Gasteiger partial charge in [0, 0.05) is 3.57 Å². The van der Waals surface area contributed by atoms with Gasteiger partial charge in [-0.15, -0.1) is 0 Å². The first-order chi connectivity index (χ1) is 8.09. The Morgan fingerprint density at radius 3 is 2.65 bits per heavy atom. The second-order valence-electron chi connectivity index (χ2n) is 3.70. The minimum atomic E-state index is -1.21. The molecule has 17 heavy (non-hydrogen) atoms. The summed E-state index contributed by atoms with van der Waals surface area (Å²) < 4.78 is 2.74. The number of carbonyl (C=O) groups is 1. The summed E-state index contributed by atoms with van der Waals surface area (Å²) in [5, 5.41) is 10.9. The lowest BCUT2D eigenvalue weighted by molar-refractivity contribution is -0.255. The van der Waals surface area contributed by atoms with Crippen LogP contribution in [0.15, 0.2) is 36.8 Å². The number of carbonyl (C=O) groups excluding carboxylic acids is 1. The summed E-state index contributed by atoms with van der Waals surface area (Å²) in [4.78, 5) is 14.7. The van der Waals surface area contributed by atoms with Gasteiger partial charge in [-0.1, -0.05) is 12.1 Å². The summed E-state index contributed by atoms with van der Waals surface area (Å²) in [6, 6.07) is 7.85. The van der Waals surface area contributed by atoms with Gasteiger partial charge >= 0.3 is 0 Å². The molecule has 0 radical (unpaired) electrons. The number of aromatic carboxylic acids is 1. The van der Waals surface area contributed by atoms with Gasteiger partial charge in [-0.05, 0) is 47.2 Å². The molecule has 2 aromatic rings. The predicted octanol–water partition coefficient (Wildman–Crippen LogP) is 1.46. The van der Waals surface area contributed by atoms with E-state index in [4.69, 9.17) is 0 Å². The highest BCUT2D eigenvalue weighted by atomic mass is 127. The molecule has 88 valence electrons. The summed E-state index contributed by atoms with van der Waals surface area (Å²) >= 11 is 2.23. The molecule has 0 aliphatic carbocycles. The zero-order chi connectivity index (χ0) is 12.4. The third-order valence-corrected chi connectivity index (χ3v) is 3.36. The van der Waals surface area contributed by atoms with Crippen LogP contribution in [0.25, 0.3) is 0 Å². The summed E-state index contributed by atoms with van der Waals surface area (Å²) in [6.07, 6.45) is 2.81. The van der Waals surface area contributed by atoms with Crippen molar-refractivity contribution >= 4 is 28.6 Å². The quantitative estimate of drug-likeness (QED) is 0.795. The number of carboxylic acid groups (broad SMARTS) is 1. The normalized spacial score (nSPS) is 12.4. The molecule has 5 heteroatoms. The van der Waals surface area contributed by atoms with Crippen LogP contribution >= 0.6 is 22.6 Å². The molecule has 1 unspecified atom stereocenters. The largest absolute Gasteiger partial charge is 0.543 e. The highest BCUT2D eigenvalue weighted by molar-refractivity contribution is 14.1. The fraction of sp³-hybridized carbons (Fsp3) is 0.167. The van der Waals surface area contributed by atoms with Crippen molar-refractivity contribution in [2.24, 2.45) is 0 Å². The van der Waals surface area contributed by atoms with E-state index in [-0.39, 0.29) is 11.7 Å². The number of carboxylic acids is 1. The zero-order valence-corrected chi connectivity index (χ0v) is 11.3. The Hall–Kier alpha value is -1.37. The fourth-order valence-electron chi connectivity index (χ4n) is 1.67. The molecular formula is C12H10IN2O2-. The average Bonchev–Trinajstić information content (AvgIpc) is 2.78. The van der Waals surface area contributed by atoms with Crippen LogP contribution in [-0.4, -0.2) is 15.5 Å². The van der Waals surface area contributed by atoms with Gasteiger partial charge in [0.25, 0.3) is 0 Å². The van der Waals surface area contributed by atoms with E-state index in [1.807, 2.05) is 31.2 Å². The summed E-state index contributed by atoms with van der Waals surface area (Å²) in [5.41, 5.74) is 1.13. The molecule has 0 aliphatic rings. The lowest BCUT2D eigenvalue weighted by Crippen LogP contribution is -2.26. The van der Waals surface area contributed by atoms with Crippen molar-refractivity contribution < 1.29 is 9.90 Å². The van der Waals surface area contributed by atoms with Gasteiger partial charge in [0.2, 0.25) is 0 Å². The number of rotatable bonds is 3. The molecule has 0 bridgehead atoms. The van der Waals surface area contributed by atoms with Crippen LogP contribution in [0, 0.1) is 3.57 Å². The van der Waals surface area contributed by atoms with E-state index in [9.17, 15) is 9.90 Å². The van der Waals surface area contributed by atoms with Gasteiger partial charge in [0.05, 0.1) is 30.2 Å². The van der Waals surface area contributed by atoms with Crippen molar-refractivity contribution in [1.29, 1.82) is 0 Å². The molecule has 0 aliphatic heterocycles. The van der Waals surface area contributed by atoms with Crippen LogP contribution in [0.1, 0.15) is 29.0 Å². The lowest BCUT2D eigenvalue weighted by atomic mass is 10.1. The fourth-order valence-corrected chi connectivity index (χ4v) is 2.03. The maximum Gasteiger partial charge on any atom is 0.0956 e. The summed E-state index contributed by atoms with van der Waals surface area (Å²) in [7, 11) is 0. The molecule has 0 saturated carbocycles. The summed E-state index contributed by atoms with van der Waals surface area (Å²) in [6.45, 7) is 1.93. The zero-order valence-electron chi connectivity index (χ0n) is 9.13. The van der Waals surface area contributed by atoms with Gasteiger partial charge in [-0.25, -0.2) is 4.98 Å². The van der Waals surface area contributed by atoms with E-state index in [0.29, 0.717) is 0 Å². The van der Waals surface area contributed by atoms with Crippen LogP contribution in [0.5, 0.6) is 0 Å². The molecule has 0 amide bonds. The van der Waals surface area contributed by atoms with Crippen LogP contribution in [0.4, 0.5) is 0 Å². The molecule has 0 N–H and O–H groups in total. The minimum Gasteiger partial charge on any atom is -0.543 e. The molecule has 1 aromatic carbocycles. The Labute approximate surface area is 112 Å². The Morgan fingerprint density at radius 1 is 1.41 bits per heavy atom. The molecule has 1 atom stereocenters. The van der Waals surface area contributed by atoms with Gasteiger partial charge < -0.3 is 14.5 Å². The maximum atomic E-state index is 10.9. The third kappa shape index (κ3) is 2.49. The molecule has 2 rings (SSSR count). The average molecular weight is 341 g/mol. The second kappa shape index (κ2) is 4.87. The van der Waals surface area contributed by atoms with Crippen LogP contribution in [-0.2, 0) is 0 Å². The number of halogens is 1. The van der Waals surface area contributed by atoms with E-state index in [1.54, 1.807) is 4.57 Å². The Morgan fingerprint density at radius 2 is 2.06 bits per heavy atom. The van der Waals surface area contributed by atoms with Crippen LogP contribution < -0.4 is 5.11 Å². The van der Waals surface area contributed by atoms with E-state index in [0.717, 1.165) is 9.13 Å². The minimum absolute atomic E-state index is 0.0811. The Balaban J connectivity index is 2.36. The van der Waals surface area contributed by atoms with Gasteiger partial charge in [-0.2, -0.15) is 0 Å². The van der Waals surface area contributed by atoms with Gasteiger partial charge in [0.1, 0.15) is 0 Å². The van der Waals surface area contributed by atoms with Gasteiger partial charge in [0.15, 0.2) is 0 Å². The monoisotopic (exact) mass is 341 g/mol. The number of nitrogens with zero attached hydrogens (tertiary/aromatic N) is 2. The van der Waals surface area contributed by atoms with E-state index in [1.165, 1.54) is 12.5 Å². The van der Waals surface area contributed by atoms with Crippen molar-refractivity contribution in [2.75, 3.05) is 0 Å². The van der Waals surface area contributed by atoms with Crippen LogP contribution in [0.2, 0.25) is 0 Å². The number of aromatic nitrogens is 2. The number of imidazole rings is 1. The molecule has 0 saturated heterocycles. The Bertz CT molecular complexity index is 534. The predicted molar refractivity (Wildman–Crippen MR) is 69.5 cm³/mol. The third-order valence-electron chi connectivity index (χ3n) is 2.64. The lowest BCUT2D eigenvalue weighted by Gasteiger charge is -2.17. The molecular weight excluding hydrogens is 331 g/mol. The van der Waals surface area contributed by atoms with Crippen molar-refractivity contribution in [1.82, 2.24) is 9.55 Å². The molecule has 4 nitrogen and oxygen atoms in total. The first-order valence-corrected chi connectivity index (χ1v) is 6.16. The van der Waals surface area contributed by atoms with Crippen LogP contribution in [0.3, 0.4) is 0 Å². The molecule has 1 aromatic heterocycles. The maximum absolute atomic E-state index is 10.9. The molecule has 0 fully saturated rings. The number of hydrogen-bond acceptors (Lipinski definition) is 3. The van der Waals surface area contributed by atoms with Crippen molar-refractivity contribution in [3.63, 3.8) is 0 Å². The van der Waals surface area contributed by atoms with E-state index >= 15 is 0 Å². The number of benzene rings is 1. The first kappa shape index (κ1) is 12.1. The highest BCUT2D eigenvalue weighted by Crippen LogP contribution is 2.20. The molecule has 1 heterocycles. The van der Waals surface area contributed by atoms with Crippen molar-refractivity contribution in [3.8, 4) is 0 Å². The Kier molecular flexibility index (Phi) is 3.46. The van der Waals surface area contributed by atoms with E-state index in [2.05, 4.69) is 27.6 Å². The van der Waals surface area contributed by atoms with E-state index < -0.39 is 5.97 Å². The standard InChI is InChI=1S/C12H11IN2O2/c1-8(9-2-4-10(13)5-3-9)15-7-14-6-11(15)12(16)17/h2-8H,1H3,(H,16,17)/p-1. The number of hydrogen-bond donors (Lipinski definition) is 0.